The van der Waals surface area contributed by atoms with Gasteiger partial charge in [-0.2, -0.15) is 0 Å². The molecule has 0 atom stereocenters. The molecule has 0 fully saturated rings. The summed E-state index contributed by atoms with van der Waals surface area (Å²) < 4.78 is 0. The van der Waals surface area contributed by atoms with E-state index in [1.165, 1.54) is 0 Å². The van der Waals surface area contributed by atoms with Crippen molar-refractivity contribution in [3.63, 3.8) is 0 Å². The molecular weight excluding hydrogens is 903 g/mol. The molecule has 5 heterocycles. The van der Waals surface area contributed by atoms with Crippen LogP contribution in [0.1, 0.15) is 0 Å². The van der Waals surface area contributed by atoms with Crippen LogP contribution in [0.15, 0.2) is 122 Å². The molecule has 0 bridgehead atoms. The van der Waals surface area contributed by atoms with Crippen molar-refractivity contribution in [3.05, 3.63) is 128 Å². The Morgan fingerprint density at radius 2 is 0.900 bits per heavy atom. The number of pyridine rings is 5. The molecule has 1 aromatic carbocycles. The normalized spacial score (nSPS) is 10.1. The van der Waals surface area contributed by atoms with Crippen molar-refractivity contribution in [1.29, 1.82) is 0 Å². The summed E-state index contributed by atoms with van der Waals surface area (Å²) in [4.78, 5) is 23.4. The molecular formula is C31H20Cl2N5Pt2. The minimum atomic E-state index is 0.776. The van der Waals surface area contributed by atoms with Crippen LogP contribution in [-0.4, -0.2) is 24.9 Å². The SMILES string of the molecule is [Cl][Pt+].[Cl][Pt].[c-]1ccccc1-c1cc(-c2cc(-c3ccccn3)nc(-c3ccccn3)c2)cc(-c2ccccn2)n1. The average molecular weight is 924 g/mol. The number of halogens is 2. The Kier molecular flexibility index (Phi) is 11.7. The molecule has 0 saturated heterocycles. The van der Waals surface area contributed by atoms with Gasteiger partial charge >= 0.3 is 56.4 Å². The van der Waals surface area contributed by atoms with Gasteiger partial charge in [0.1, 0.15) is 0 Å². The molecule has 0 aliphatic rings. The Morgan fingerprint density at radius 1 is 0.500 bits per heavy atom. The van der Waals surface area contributed by atoms with Gasteiger partial charge in [-0.1, -0.05) is 24.3 Å². The fraction of sp³-hybridized carbons (Fsp3) is 0. The zero-order chi connectivity index (χ0) is 28.2. The van der Waals surface area contributed by atoms with Crippen LogP contribution in [0.3, 0.4) is 0 Å². The third kappa shape index (κ3) is 7.56. The van der Waals surface area contributed by atoms with Gasteiger partial charge in [0.15, 0.2) is 0 Å². The molecule has 203 valence electrons. The Balaban J connectivity index is 0.000000886. The molecule has 40 heavy (non-hydrogen) atoms. The predicted octanol–water partition coefficient (Wildman–Crippen LogP) is 8.17. The molecule has 6 rings (SSSR count). The second-order valence-corrected chi connectivity index (χ2v) is 8.17. The smallest absolute Gasteiger partial charge is 0.0900 e. The quantitative estimate of drug-likeness (QED) is 0.164. The van der Waals surface area contributed by atoms with Crippen molar-refractivity contribution in [3.8, 4) is 56.5 Å². The Bertz CT molecular complexity index is 1390. The molecule has 0 N–H and O–H groups in total. The Labute approximate surface area is 263 Å². The number of benzene rings is 1. The molecule has 5 nitrogen and oxygen atoms in total. The first-order valence-electron chi connectivity index (χ1n) is 11.8. The molecule has 5 aromatic heterocycles. The van der Waals surface area contributed by atoms with E-state index in [2.05, 4.69) is 64.1 Å². The van der Waals surface area contributed by atoms with Gasteiger partial charge in [0.25, 0.3) is 0 Å². The van der Waals surface area contributed by atoms with Crippen molar-refractivity contribution in [2.75, 3.05) is 0 Å². The van der Waals surface area contributed by atoms with E-state index in [9.17, 15) is 0 Å². The van der Waals surface area contributed by atoms with Crippen molar-refractivity contribution in [2.24, 2.45) is 0 Å². The van der Waals surface area contributed by atoms with Gasteiger partial charge in [-0.15, -0.1) is 35.9 Å². The predicted molar refractivity (Wildman–Crippen MR) is 153 cm³/mol. The second-order valence-electron chi connectivity index (χ2n) is 8.17. The summed E-state index contributed by atoms with van der Waals surface area (Å²) in [5.74, 6) is 0. The minimum absolute atomic E-state index is 0.776. The van der Waals surface area contributed by atoms with E-state index < -0.39 is 0 Å². The number of hydrogen-bond donors (Lipinski definition) is 0. The van der Waals surface area contributed by atoms with Crippen LogP contribution in [0, 0.1) is 6.07 Å². The van der Waals surface area contributed by atoms with Gasteiger partial charge in [0, 0.05) is 18.6 Å². The Morgan fingerprint density at radius 3 is 1.27 bits per heavy atom. The fourth-order valence-corrected chi connectivity index (χ4v) is 4.02. The van der Waals surface area contributed by atoms with Crippen molar-refractivity contribution < 1.29 is 37.5 Å². The summed E-state index contributed by atoms with van der Waals surface area (Å²) in [6.45, 7) is 0. The monoisotopic (exact) mass is 922 g/mol. The zero-order valence-electron chi connectivity index (χ0n) is 20.7. The fourth-order valence-electron chi connectivity index (χ4n) is 4.02. The van der Waals surface area contributed by atoms with E-state index in [1.54, 1.807) is 56.1 Å². The van der Waals surface area contributed by atoms with Crippen LogP contribution in [-0.2, 0) is 37.5 Å². The van der Waals surface area contributed by atoms with E-state index in [0.717, 1.165) is 56.5 Å². The zero-order valence-corrected chi connectivity index (χ0v) is 26.7. The van der Waals surface area contributed by atoms with Gasteiger partial charge in [0.2, 0.25) is 0 Å². The molecule has 0 saturated carbocycles. The molecule has 0 aliphatic heterocycles. The van der Waals surface area contributed by atoms with E-state index in [0.29, 0.717) is 0 Å². The molecule has 9 heteroatoms. The number of hydrogen-bond acceptors (Lipinski definition) is 5. The van der Waals surface area contributed by atoms with Crippen LogP contribution in [0.25, 0.3) is 56.5 Å². The van der Waals surface area contributed by atoms with Crippen LogP contribution < -0.4 is 0 Å². The Hall–Kier alpha value is -3.07. The number of aromatic nitrogens is 5. The molecule has 0 amide bonds. The van der Waals surface area contributed by atoms with Gasteiger partial charge in [-0.25, -0.2) is 4.98 Å². The molecule has 6 aromatic rings. The molecule has 0 spiro atoms. The summed E-state index contributed by atoms with van der Waals surface area (Å²) in [6.07, 6.45) is 5.33. The van der Waals surface area contributed by atoms with Gasteiger partial charge in [-0.05, 0) is 71.4 Å². The van der Waals surface area contributed by atoms with Gasteiger partial charge < -0.3 is 0 Å². The number of rotatable bonds is 5. The average Bonchev–Trinajstić information content (AvgIpc) is 3.08. The van der Waals surface area contributed by atoms with Gasteiger partial charge in [-0.3, -0.25) is 19.9 Å². The molecule has 0 unspecified atom stereocenters. The third-order valence-electron chi connectivity index (χ3n) is 5.75. The van der Waals surface area contributed by atoms with Crippen LogP contribution in [0.5, 0.6) is 0 Å². The van der Waals surface area contributed by atoms with E-state index >= 15 is 0 Å². The standard InChI is InChI=1S/C31H20N5.2ClH.2Pt/c1-2-10-22(11-3-1)28-18-23(19-29(35-28)25-12-4-7-15-32-25)24-20-30(26-13-5-8-16-33-26)36-31(21-24)27-14-6-9-17-34-27;;;;/h1-10,12-21H;2*1H;;/q-1;;;+1;+2/p-2. The summed E-state index contributed by atoms with van der Waals surface area (Å²) in [6, 6.07) is 36.9. The summed E-state index contributed by atoms with van der Waals surface area (Å²) in [5, 5.41) is 0. The maximum Gasteiger partial charge on any atom is 0.0900 e. The van der Waals surface area contributed by atoms with E-state index in [4.69, 9.17) is 9.97 Å². The van der Waals surface area contributed by atoms with E-state index in [1.807, 2.05) is 78.9 Å². The van der Waals surface area contributed by atoms with E-state index in [-0.39, 0.29) is 0 Å². The first kappa shape index (κ1) is 29.9. The van der Waals surface area contributed by atoms with Crippen molar-refractivity contribution in [2.45, 2.75) is 0 Å². The second kappa shape index (κ2) is 15.6. The summed E-state index contributed by atoms with van der Waals surface area (Å²) >= 11 is 3.22. The minimum Gasteiger partial charge on any atom is -0.295 e. The van der Waals surface area contributed by atoms with Crippen LogP contribution in [0.2, 0.25) is 0 Å². The summed E-state index contributed by atoms with van der Waals surface area (Å²) in [7, 11) is 9.22. The van der Waals surface area contributed by atoms with Crippen LogP contribution >= 0.6 is 18.8 Å². The first-order chi connectivity index (χ1) is 19.8. The maximum absolute atomic E-state index is 4.93. The molecule has 0 radical (unpaired) electrons. The topological polar surface area (TPSA) is 64.5 Å². The summed E-state index contributed by atoms with van der Waals surface area (Å²) in [5.41, 5.74) is 8.47. The third-order valence-corrected chi connectivity index (χ3v) is 5.75. The van der Waals surface area contributed by atoms with Gasteiger partial charge in [0.05, 0.1) is 34.2 Å². The largest absolute Gasteiger partial charge is 0.295 e. The van der Waals surface area contributed by atoms with Crippen LogP contribution in [0.4, 0.5) is 0 Å². The first-order valence-corrected chi connectivity index (χ1v) is 17.5. The molecule has 0 aliphatic carbocycles. The van der Waals surface area contributed by atoms with Crippen molar-refractivity contribution in [1.82, 2.24) is 24.9 Å². The maximum atomic E-state index is 4.93. The number of nitrogens with zero attached hydrogens (tertiary/aromatic N) is 5. The van der Waals surface area contributed by atoms with Crippen molar-refractivity contribution >= 4 is 18.8 Å².